The maximum Gasteiger partial charge on any atom is 0.408 e. The number of hydrogen-bond acceptors (Lipinski definition) is 9. The molecule has 11 nitrogen and oxygen atoms in total. The number of fused-ring (bicyclic) bond motifs is 1. The molecule has 5 rings (SSSR count). The summed E-state index contributed by atoms with van der Waals surface area (Å²) in [5, 5.41) is 8.64. The van der Waals surface area contributed by atoms with Crippen LogP contribution in [0.2, 0.25) is 0 Å². The van der Waals surface area contributed by atoms with E-state index in [2.05, 4.69) is 15.8 Å². The van der Waals surface area contributed by atoms with Crippen LogP contribution in [0.15, 0.2) is 107 Å². The second-order valence-corrected chi connectivity index (χ2v) is 12.9. The fourth-order valence-corrected chi connectivity index (χ4v) is 6.50. The number of alkyl carbamates (subject to hydrolysis) is 1. The molecule has 2 unspecified atom stereocenters. The zero-order chi connectivity index (χ0) is 33.6. The van der Waals surface area contributed by atoms with Crippen LogP contribution in [0.5, 0.6) is 0 Å². The Balaban J connectivity index is 1.39. The Hall–Kier alpha value is -5.10. The molecule has 3 aromatic rings. The Kier molecular flexibility index (Phi) is 10.3. The highest BCUT2D eigenvalue weighted by Crippen LogP contribution is 2.41. The zero-order valence-electron chi connectivity index (χ0n) is 26.4. The Morgan fingerprint density at radius 2 is 1.47 bits per heavy atom. The van der Waals surface area contributed by atoms with E-state index in [1.165, 1.54) is 30.0 Å². The summed E-state index contributed by atoms with van der Waals surface area (Å²) < 4.78 is 11.5. The number of nitrogens with one attached hydrogen (secondary N) is 2. The zero-order valence-corrected chi connectivity index (χ0v) is 27.2. The van der Waals surface area contributed by atoms with E-state index in [0.717, 1.165) is 11.1 Å². The van der Waals surface area contributed by atoms with Gasteiger partial charge in [0, 0.05) is 11.3 Å². The van der Waals surface area contributed by atoms with E-state index in [1.54, 1.807) is 51.1 Å². The van der Waals surface area contributed by atoms with Crippen molar-refractivity contribution >= 4 is 41.9 Å². The molecular weight excluding hydrogens is 620 g/mol. The monoisotopic (exact) mass is 656 g/mol. The maximum atomic E-state index is 14.0. The van der Waals surface area contributed by atoms with Gasteiger partial charge in [0.25, 0.3) is 5.91 Å². The average molecular weight is 657 g/mol. The SMILES string of the molecule is CON=CC1=C(C(=O)OC(c2ccccc2)c2ccccc2)N2C(=O)C(NC(=O)C(NC(=O)OC(C)(C)C)c3ccccc3)[C@H]2SC1. The van der Waals surface area contributed by atoms with Crippen LogP contribution in [0.25, 0.3) is 0 Å². The van der Waals surface area contributed by atoms with Gasteiger partial charge in [-0.3, -0.25) is 14.5 Å². The molecule has 1 fully saturated rings. The van der Waals surface area contributed by atoms with E-state index in [9.17, 15) is 19.2 Å². The number of rotatable bonds is 10. The second kappa shape index (κ2) is 14.5. The normalized spacial score (nSPS) is 18.2. The molecule has 0 aliphatic carbocycles. The number of hydrogen-bond donors (Lipinski definition) is 2. The molecule has 0 spiro atoms. The molecule has 2 aliphatic heterocycles. The van der Waals surface area contributed by atoms with Crippen LogP contribution in [-0.4, -0.2) is 64.9 Å². The molecule has 2 aliphatic rings. The molecule has 244 valence electrons. The van der Waals surface area contributed by atoms with Crippen LogP contribution >= 0.6 is 11.8 Å². The molecule has 0 saturated carbocycles. The van der Waals surface area contributed by atoms with E-state index in [0.29, 0.717) is 11.1 Å². The third-order valence-corrected chi connectivity index (χ3v) is 8.59. The van der Waals surface area contributed by atoms with Crippen molar-refractivity contribution in [1.29, 1.82) is 0 Å². The van der Waals surface area contributed by atoms with Crippen LogP contribution < -0.4 is 10.6 Å². The molecule has 47 heavy (non-hydrogen) atoms. The molecular formula is C35H36N4O7S. The lowest BCUT2D eigenvalue weighted by Gasteiger charge is -2.49. The van der Waals surface area contributed by atoms with Gasteiger partial charge in [-0.25, -0.2) is 9.59 Å². The number of nitrogens with zero attached hydrogens (tertiary/aromatic N) is 2. The third kappa shape index (κ3) is 7.83. The number of amides is 3. The highest BCUT2D eigenvalue weighted by molar-refractivity contribution is 8.00. The van der Waals surface area contributed by atoms with Crippen molar-refractivity contribution in [2.75, 3.05) is 12.9 Å². The molecule has 2 heterocycles. The highest BCUT2D eigenvalue weighted by atomic mass is 32.2. The van der Waals surface area contributed by atoms with Gasteiger partial charge in [-0.2, -0.15) is 0 Å². The fourth-order valence-electron chi connectivity index (χ4n) is 5.20. The summed E-state index contributed by atoms with van der Waals surface area (Å²) in [6.07, 6.45) is -0.144. The van der Waals surface area contributed by atoms with Gasteiger partial charge >= 0.3 is 12.1 Å². The van der Waals surface area contributed by atoms with Crippen LogP contribution in [0.4, 0.5) is 4.79 Å². The van der Waals surface area contributed by atoms with E-state index >= 15 is 0 Å². The number of carbonyl (C=O) groups excluding carboxylic acids is 4. The molecule has 0 aromatic heterocycles. The molecule has 2 N–H and O–H groups in total. The summed E-state index contributed by atoms with van der Waals surface area (Å²) in [6, 6.07) is 25.2. The van der Waals surface area contributed by atoms with Gasteiger partial charge in [-0.1, -0.05) is 96.2 Å². The lowest BCUT2D eigenvalue weighted by molar-refractivity contribution is -0.154. The van der Waals surface area contributed by atoms with Crippen molar-refractivity contribution in [3.05, 3.63) is 119 Å². The topological polar surface area (TPSA) is 136 Å². The minimum absolute atomic E-state index is 0.0217. The van der Waals surface area contributed by atoms with E-state index < -0.39 is 53.0 Å². The van der Waals surface area contributed by atoms with Crippen molar-refractivity contribution < 1.29 is 33.5 Å². The second-order valence-electron chi connectivity index (χ2n) is 11.8. The number of benzene rings is 3. The molecule has 3 atom stereocenters. The number of carbonyl (C=O) groups is 4. The molecule has 3 aromatic carbocycles. The van der Waals surface area contributed by atoms with Crippen molar-refractivity contribution in [3.63, 3.8) is 0 Å². The number of β-lactam (4-membered cyclic amide) rings is 1. The predicted molar refractivity (Wildman–Crippen MR) is 177 cm³/mol. The van der Waals surface area contributed by atoms with Gasteiger partial charge in [0.05, 0.1) is 6.21 Å². The quantitative estimate of drug-likeness (QED) is 0.137. The standard InChI is InChI=1S/C35H36N4O7S/c1-35(2,3)46-34(43)38-26(22-14-8-5-9-15-22)30(40)37-27-31(41)39-28(25(20-36-44-4)21-47-32(27)39)33(42)45-29(23-16-10-6-11-17-23)24-18-12-7-13-19-24/h5-20,26-27,29,32H,21H2,1-4H3,(H,37,40)(H,38,43)/t26?,27?,32-/m1/s1. The number of ether oxygens (including phenoxy) is 2. The van der Waals surface area contributed by atoms with Crippen molar-refractivity contribution in [1.82, 2.24) is 15.5 Å². The highest BCUT2D eigenvalue weighted by Gasteiger charge is 2.55. The number of oxime groups is 1. The van der Waals surface area contributed by atoms with Crippen LogP contribution in [0, 0.1) is 0 Å². The maximum absolute atomic E-state index is 14.0. The van der Waals surface area contributed by atoms with Crippen LogP contribution in [0.3, 0.4) is 0 Å². The summed E-state index contributed by atoms with van der Waals surface area (Å²) in [5.74, 6) is -1.55. The number of esters is 1. The van der Waals surface area contributed by atoms with Gasteiger partial charge < -0.3 is 24.9 Å². The van der Waals surface area contributed by atoms with Gasteiger partial charge in [0.1, 0.15) is 35.9 Å². The first kappa shape index (κ1) is 33.3. The summed E-state index contributed by atoms with van der Waals surface area (Å²) in [7, 11) is 1.38. The predicted octanol–water partition coefficient (Wildman–Crippen LogP) is 4.87. The van der Waals surface area contributed by atoms with Crippen molar-refractivity contribution in [3.8, 4) is 0 Å². The molecule has 12 heteroatoms. The van der Waals surface area contributed by atoms with Gasteiger partial charge in [-0.05, 0) is 37.5 Å². The minimum atomic E-state index is -1.14. The Labute approximate surface area is 277 Å². The Morgan fingerprint density at radius 1 is 0.915 bits per heavy atom. The smallest absolute Gasteiger partial charge is 0.408 e. The van der Waals surface area contributed by atoms with Gasteiger partial charge in [0.15, 0.2) is 6.10 Å². The average Bonchev–Trinajstić information content (AvgIpc) is 3.07. The minimum Gasteiger partial charge on any atom is -0.448 e. The van der Waals surface area contributed by atoms with E-state index in [-0.39, 0.29) is 11.4 Å². The van der Waals surface area contributed by atoms with Gasteiger partial charge in [-0.15, -0.1) is 11.8 Å². The van der Waals surface area contributed by atoms with Gasteiger partial charge in [0.2, 0.25) is 5.91 Å². The summed E-state index contributed by atoms with van der Waals surface area (Å²) >= 11 is 1.35. The van der Waals surface area contributed by atoms with E-state index in [1.807, 2.05) is 60.7 Å². The Morgan fingerprint density at radius 3 is 2.00 bits per heavy atom. The van der Waals surface area contributed by atoms with Crippen molar-refractivity contribution in [2.45, 2.75) is 49.9 Å². The fraction of sp³-hybridized carbons (Fsp3) is 0.286. The van der Waals surface area contributed by atoms with Crippen LogP contribution in [0.1, 0.15) is 49.6 Å². The summed E-state index contributed by atoms with van der Waals surface area (Å²) in [4.78, 5) is 60.2. The largest absolute Gasteiger partial charge is 0.448 e. The number of thioether (sulfide) groups is 1. The third-order valence-electron chi connectivity index (χ3n) is 7.29. The Bertz CT molecular complexity index is 1620. The molecule has 0 radical (unpaired) electrons. The first-order chi connectivity index (χ1) is 22.6. The molecule has 3 amide bonds. The van der Waals surface area contributed by atoms with Crippen LogP contribution in [-0.2, 0) is 28.7 Å². The summed E-state index contributed by atoms with van der Waals surface area (Å²) in [6.45, 7) is 5.15. The molecule has 1 saturated heterocycles. The first-order valence-electron chi connectivity index (χ1n) is 15.0. The lowest BCUT2D eigenvalue weighted by atomic mass is 10.00. The molecule has 0 bridgehead atoms. The first-order valence-corrected chi connectivity index (χ1v) is 16.0. The van der Waals surface area contributed by atoms with E-state index in [4.69, 9.17) is 14.3 Å². The van der Waals surface area contributed by atoms with Crippen molar-refractivity contribution in [2.24, 2.45) is 5.16 Å². The summed E-state index contributed by atoms with van der Waals surface area (Å²) in [5.41, 5.74) is 1.69. The lowest BCUT2D eigenvalue weighted by Crippen LogP contribution is -2.71.